The molecule has 0 aliphatic carbocycles. The Morgan fingerprint density at radius 2 is 2.05 bits per heavy atom. The number of nitrogens with zero attached hydrogens (tertiary/aromatic N) is 2. The van der Waals surface area contributed by atoms with Crippen molar-refractivity contribution in [3.8, 4) is 0 Å². The van der Waals surface area contributed by atoms with Gasteiger partial charge in [0, 0.05) is 28.2 Å². The van der Waals surface area contributed by atoms with Gasteiger partial charge in [-0.25, -0.2) is 4.39 Å². The van der Waals surface area contributed by atoms with E-state index in [2.05, 4.69) is 0 Å². The predicted molar refractivity (Wildman–Crippen MR) is 79.1 cm³/mol. The van der Waals surface area contributed by atoms with Crippen LogP contribution >= 0.6 is 11.6 Å². The summed E-state index contributed by atoms with van der Waals surface area (Å²) in [7, 11) is 0. The van der Waals surface area contributed by atoms with Gasteiger partial charge in [-0.1, -0.05) is 23.7 Å². The third-order valence-corrected chi connectivity index (χ3v) is 3.55. The van der Waals surface area contributed by atoms with Gasteiger partial charge in [-0.05, 0) is 24.3 Å². The SMILES string of the molecule is O=[N+]([O-])c1cccc2ccn(Cc3cc(Cl)ccc3F)c12. The van der Waals surface area contributed by atoms with Crippen LogP contribution in [0.25, 0.3) is 10.9 Å². The summed E-state index contributed by atoms with van der Waals surface area (Å²) in [5, 5.41) is 12.3. The molecular weight excluding hydrogens is 295 g/mol. The number of non-ortho nitro benzene ring substituents is 1. The monoisotopic (exact) mass is 304 g/mol. The normalized spacial score (nSPS) is 11.0. The third kappa shape index (κ3) is 2.48. The Morgan fingerprint density at radius 1 is 1.24 bits per heavy atom. The van der Waals surface area contributed by atoms with Crippen molar-refractivity contribution in [3.63, 3.8) is 0 Å². The fourth-order valence-electron chi connectivity index (χ4n) is 2.37. The summed E-state index contributed by atoms with van der Waals surface area (Å²) in [6.07, 6.45) is 1.71. The van der Waals surface area contributed by atoms with Gasteiger partial charge in [0.2, 0.25) is 0 Å². The Hall–Kier alpha value is -2.40. The van der Waals surface area contributed by atoms with E-state index in [1.807, 2.05) is 0 Å². The molecule has 0 saturated heterocycles. The van der Waals surface area contributed by atoms with Crippen molar-refractivity contribution in [2.75, 3.05) is 0 Å². The first-order chi connectivity index (χ1) is 10.1. The lowest BCUT2D eigenvalue weighted by Gasteiger charge is -2.07. The van der Waals surface area contributed by atoms with Gasteiger partial charge in [0.1, 0.15) is 11.3 Å². The lowest BCUT2D eigenvalue weighted by molar-refractivity contribution is -0.383. The van der Waals surface area contributed by atoms with E-state index in [9.17, 15) is 14.5 Å². The Labute approximate surface area is 124 Å². The van der Waals surface area contributed by atoms with E-state index in [1.54, 1.807) is 29.0 Å². The molecule has 0 fully saturated rings. The van der Waals surface area contributed by atoms with E-state index < -0.39 is 4.92 Å². The number of para-hydroxylation sites is 1. The van der Waals surface area contributed by atoms with E-state index >= 15 is 0 Å². The second-order valence-electron chi connectivity index (χ2n) is 4.65. The molecule has 0 N–H and O–H groups in total. The van der Waals surface area contributed by atoms with Gasteiger partial charge < -0.3 is 4.57 Å². The highest BCUT2D eigenvalue weighted by atomic mass is 35.5. The minimum atomic E-state index is -0.437. The molecule has 0 aliphatic heterocycles. The van der Waals surface area contributed by atoms with Crippen LogP contribution in [0.1, 0.15) is 5.56 Å². The highest BCUT2D eigenvalue weighted by molar-refractivity contribution is 6.30. The number of hydrogen-bond acceptors (Lipinski definition) is 2. The van der Waals surface area contributed by atoms with Crippen LogP contribution in [0, 0.1) is 15.9 Å². The summed E-state index contributed by atoms with van der Waals surface area (Å²) < 4.78 is 15.5. The number of fused-ring (bicyclic) bond motifs is 1. The number of benzene rings is 2. The van der Waals surface area contributed by atoms with Crippen LogP contribution in [0.3, 0.4) is 0 Å². The molecule has 0 atom stereocenters. The zero-order valence-electron chi connectivity index (χ0n) is 10.8. The lowest BCUT2D eigenvalue weighted by atomic mass is 10.2. The molecule has 0 saturated carbocycles. The van der Waals surface area contributed by atoms with Gasteiger partial charge in [-0.2, -0.15) is 0 Å². The fourth-order valence-corrected chi connectivity index (χ4v) is 2.56. The number of nitro groups is 1. The van der Waals surface area contributed by atoms with Crippen molar-refractivity contribution in [1.82, 2.24) is 4.57 Å². The van der Waals surface area contributed by atoms with Crippen molar-refractivity contribution in [1.29, 1.82) is 0 Å². The maximum absolute atomic E-state index is 13.8. The van der Waals surface area contributed by atoms with Crippen LogP contribution in [0.4, 0.5) is 10.1 Å². The molecule has 21 heavy (non-hydrogen) atoms. The molecule has 106 valence electrons. The van der Waals surface area contributed by atoms with Crippen molar-refractivity contribution in [2.45, 2.75) is 6.54 Å². The number of rotatable bonds is 3. The van der Waals surface area contributed by atoms with E-state index in [4.69, 9.17) is 11.6 Å². The molecule has 2 aromatic carbocycles. The molecule has 0 spiro atoms. The van der Waals surface area contributed by atoms with Gasteiger partial charge in [0.25, 0.3) is 5.69 Å². The second-order valence-corrected chi connectivity index (χ2v) is 5.09. The predicted octanol–water partition coefficient (Wildman–Crippen LogP) is 4.39. The zero-order valence-corrected chi connectivity index (χ0v) is 11.5. The topological polar surface area (TPSA) is 48.1 Å². The van der Waals surface area contributed by atoms with E-state index in [1.165, 1.54) is 24.3 Å². The highest BCUT2D eigenvalue weighted by Gasteiger charge is 2.16. The molecule has 0 radical (unpaired) electrons. The standard InChI is InChI=1S/C15H10ClFN2O2/c16-12-4-5-13(17)11(8-12)9-18-7-6-10-2-1-3-14(15(10)18)19(20)21/h1-8H,9H2. The van der Waals surface area contributed by atoms with Gasteiger partial charge in [-0.15, -0.1) is 0 Å². The minimum Gasteiger partial charge on any atom is -0.337 e. The third-order valence-electron chi connectivity index (χ3n) is 3.31. The van der Waals surface area contributed by atoms with Crippen LogP contribution in [-0.2, 0) is 6.54 Å². The average Bonchev–Trinajstić information content (AvgIpc) is 2.86. The first kappa shape index (κ1) is 13.6. The first-order valence-electron chi connectivity index (χ1n) is 6.22. The minimum absolute atomic E-state index is 0.0000591. The fraction of sp³-hybridized carbons (Fsp3) is 0.0667. The smallest absolute Gasteiger partial charge is 0.293 e. The molecule has 0 aliphatic rings. The number of aromatic nitrogens is 1. The van der Waals surface area contributed by atoms with E-state index in [0.29, 0.717) is 16.1 Å². The van der Waals surface area contributed by atoms with Crippen molar-refractivity contribution < 1.29 is 9.31 Å². The molecule has 6 heteroatoms. The zero-order chi connectivity index (χ0) is 15.0. The number of hydrogen-bond donors (Lipinski definition) is 0. The van der Waals surface area contributed by atoms with Crippen molar-refractivity contribution in [3.05, 3.63) is 75.2 Å². The highest BCUT2D eigenvalue weighted by Crippen LogP contribution is 2.27. The maximum atomic E-state index is 13.8. The van der Waals surface area contributed by atoms with Gasteiger partial charge in [0.15, 0.2) is 0 Å². The summed E-state index contributed by atoms with van der Waals surface area (Å²) in [6.45, 7) is 0.181. The van der Waals surface area contributed by atoms with Crippen LogP contribution in [0.5, 0.6) is 0 Å². The van der Waals surface area contributed by atoms with Crippen LogP contribution in [0.2, 0.25) is 5.02 Å². The van der Waals surface area contributed by atoms with Crippen LogP contribution in [0.15, 0.2) is 48.7 Å². The quantitative estimate of drug-likeness (QED) is 0.532. The lowest BCUT2D eigenvalue weighted by Crippen LogP contribution is -2.02. The molecule has 0 amide bonds. The molecule has 1 heterocycles. The van der Waals surface area contributed by atoms with Gasteiger partial charge in [-0.3, -0.25) is 10.1 Å². The first-order valence-corrected chi connectivity index (χ1v) is 6.60. The van der Waals surface area contributed by atoms with Crippen molar-refractivity contribution >= 4 is 28.2 Å². The molecule has 0 unspecified atom stereocenters. The van der Waals surface area contributed by atoms with Gasteiger partial charge >= 0.3 is 0 Å². The summed E-state index contributed by atoms with van der Waals surface area (Å²) in [6, 6.07) is 10.9. The summed E-state index contributed by atoms with van der Waals surface area (Å²) in [5.41, 5.74) is 0.861. The number of halogens is 2. The van der Waals surface area contributed by atoms with E-state index in [-0.39, 0.29) is 18.0 Å². The largest absolute Gasteiger partial charge is 0.337 e. The van der Waals surface area contributed by atoms with E-state index in [0.717, 1.165) is 5.39 Å². The van der Waals surface area contributed by atoms with Crippen LogP contribution < -0.4 is 0 Å². The molecule has 3 rings (SSSR count). The van der Waals surface area contributed by atoms with Crippen molar-refractivity contribution in [2.24, 2.45) is 0 Å². The Morgan fingerprint density at radius 3 is 2.81 bits per heavy atom. The Balaban J connectivity index is 2.13. The molecule has 1 aromatic heterocycles. The molecular formula is C15H10ClFN2O2. The molecule has 0 bridgehead atoms. The summed E-state index contributed by atoms with van der Waals surface area (Å²) in [5.74, 6) is -0.389. The summed E-state index contributed by atoms with van der Waals surface area (Å²) >= 11 is 5.87. The molecule has 3 aromatic rings. The molecule has 4 nitrogen and oxygen atoms in total. The Kier molecular flexibility index (Phi) is 3.35. The van der Waals surface area contributed by atoms with Gasteiger partial charge in [0.05, 0.1) is 11.5 Å². The maximum Gasteiger partial charge on any atom is 0.293 e. The summed E-state index contributed by atoms with van der Waals surface area (Å²) in [4.78, 5) is 10.7. The van der Waals surface area contributed by atoms with Crippen LogP contribution in [-0.4, -0.2) is 9.49 Å². The Bertz CT molecular complexity index is 845. The number of nitro benzene ring substituents is 1. The second kappa shape index (κ2) is 5.18. The average molecular weight is 305 g/mol.